The molecule has 5 N–H and O–H groups in total. The highest BCUT2D eigenvalue weighted by Crippen LogP contribution is 2.67. The summed E-state index contributed by atoms with van der Waals surface area (Å²) in [5.41, 5.74) is 10.1. The molecule has 1 spiro atoms. The Balaban J connectivity index is 1.52. The lowest BCUT2D eigenvalue weighted by Crippen LogP contribution is -2.82. The fourth-order valence-electron chi connectivity index (χ4n) is 9.89. The van der Waals surface area contributed by atoms with Crippen molar-refractivity contribution in [3.05, 3.63) is 28.8 Å². The van der Waals surface area contributed by atoms with Gasteiger partial charge in [0.1, 0.15) is 5.75 Å². The van der Waals surface area contributed by atoms with Crippen LogP contribution >= 0.6 is 0 Å². The van der Waals surface area contributed by atoms with Crippen LogP contribution in [0.4, 0.5) is 0 Å². The Bertz CT molecular complexity index is 1090. The molecule has 0 aromatic heterocycles. The molecule has 5 heteroatoms. The highest BCUT2D eigenvalue weighted by Gasteiger charge is 2.74. The average molecular weight is 493 g/mol. The van der Waals surface area contributed by atoms with E-state index in [0.717, 1.165) is 44.2 Å². The molecule has 2 aliphatic heterocycles. The van der Waals surface area contributed by atoms with Crippen molar-refractivity contribution in [1.29, 1.82) is 0 Å². The van der Waals surface area contributed by atoms with Crippen molar-refractivity contribution in [3.8, 4) is 17.6 Å². The van der Waals surface area contributed by atoms with Crippen LogP contribution in [-0.4, -0.2) is 40.6 Å². The molecule has 6 bridgehead atoms. The topological polar surface area (TPSA) is 87.7 Å². The first kappa shape index (κ1) is 24.7. The van der Waals surface area contributed by atoms with E-state index in [0.29, 0.717) is 29.9 Å². The highest BCUT2D eigenvalue weighted by molar-refractivity contribution is 5.44. The number of fused-ring (bicyclic) bond motifs is 4. The van der Waals surface area contributed by atoms with Crippen LogP contribution in [-0.2, 0) is 24.1 Å². The summed E-state index contributed by atoms with van der Waals surface area (Å²) < 4.78 is 7.26. The molecule has 196 valence electrons. The number of hydrogen-bond acceptors (Lipinski definition) is 5. The Morgan fingerprint density at radius 3 is 2.81 bits per heavy atom. The van der Waals surface area contributed by atoms with Crippen molar-refractivity contribution in [2.45, 2.75) is 94.9 Å². The van der Waals surface area contributed by atoms with Gasteiger partial charge >= 0.3 is 0 Å². The van der Waals surface area contributed by atoms with E-state index in [1.165, 1.54) is 30.4 Å². The number of hydrogen-bond donors (Lipinski definition) is 4. The molecule has 3 saturated carbocycles. The lowest BCUT2D eigenvalue weighted by Gasteiger charge is -2.73. The minimum Gasteiger partial charge on any atom is -0.508 e. The van der Waals surface area contributed by atoms with Crippen LogP contribution in [0, 0.1) is 47.3 Å². The number of nitrogens with one attached hydrogen (secondary N) is 1. The standard InChI is InChI=1S/C31H44N2O3/c1-29(2)28-21-10-11-24(18-34)31(28,32)27-9-5-7-20-14-25(35)15-22(17-33-3)26(20)13-19-6-4-8-23(12-19)30(27,16-21)36-29/h14-15,19,21,23-24,27-28,33-35H,4,6-8,10-13,16-18,32H2,1-3H3. The minimum atomic E-state index is -0.537. The number of benzene rings is 1. The van der Waals surface area contributed by atoms with Gasteiger partial charge in [0.25, 0.3) is 0 Å². The average Bonchev–Trinajstić information content (AvgIpc) is 2.83. The zero-order chi connectivity index (χ0) is 25.3. The van der Waals surface area contributed by atoms with Gasteiger partial charge in [-0.15, -0.1) is 0 Å². The first-order chi connectivity index (χ1) is 17.2. The Kier molecular flexibility index (Phi) is 6.00. The molecule has 0 amide bonds. The third-order valence-corrected chi connectivity index (χ3v) is 10.9. The van der Waals surface area contributed by atoms with Crippen LogP contribution in [0.5, 0.6) is 5.75 Å². The zero-order valence-electron chi connectivity index (χ0n) is 22.3. The van der Waals surface area contributed by atoms with E-state index in [1.807, 2.05) is 19.2 Å². The van der Waals surface area contributed by atoms with Gasteiger partial charge in [0.05, 0.1) is 17.1 Å². The van der Waals surface area contributed by atoms with Gasteiger partial charge in [-0.1, -0.05) is 24.7 Å². The molecule has 5 nitrogen and oxygen atoms in total. The normalized spacial score (nSPS) is 42.4. The molecular formula is C31H44N2O3. The number of rotatable bonds is 3. The molecule has 5 fully saturated rings. The summed E-state index contributed by atoms with van der Waals surface area (Å²) >= 11 is 0. The summed E-state index contributed by atoms with van der Waals surface area (Å²) in [4.78, 5) is 0. The Labute approximate surface area is 216 Å². The molecule has 2 saturated heterocycles. The van der Waals surface area contributed by atoms with Gasteiger partial charge in [-0.2, -0.15) is 0 Å². The van der Waals surface area contributed by atoms with Gasteiger partial charge in [-0.05, 0) is 106 Å². The molecule has 8 unspecified atom stereocenters. The monoisotopic (exact) mass is 492 g/mol. The first-order valence-corrected chi connectivity index (χ1v) is 14.3. The van der Waals surface area contributed by atoms with Crippen molar-refractivity contribution < 1.29 is 14.9 Å². The Morgan fingerprint density at radius 2 is 2.03 bits per heavy atom. The van der Waals surface area contributed by atoms with Crippen molar-refractivity contribution >= 4 is 0 Å². The van der Waals surface area contributed by atoms with Crippen molar-refractivity contribution in [1.82, 2.24) is 5.32 Å². The SMILES string of the molecule is CNCc1cc(O)cc2c1CC1CCCC(C1)C13CC4CCC(CO)C(N)(C4C(C)(C)O1)C3C#CC2. The van der Waals surface area contributed by atoms with Crippen LogP contribution in [0.3, 0.4) is 0 Å². The largest absolute Gasteiger partial charge is 0.508 e. The molecule has 1 aromatic carbocycles. The Morgan fingerprint density at radius 1 is 1.19 bits per heavy atom. The number of aliphatic hydroxyl groups is 1. The second-order valence-electron chi connectivity index (χ2n) is 13.2. The van der Waals surface area contributed by atoms with E-state index < -0.39 is 5.54 Å². The summed E-state index contributed by atoms with van der Waals surface area (Å²) in [6.45, 7) is 5.38. The third-order valence-electron chi connectivity index (χ3n) is 10.9. The molecule has 0 radical (unpaired) electrons. The summed E-state index contributed by atoms with van der Waals surface area (Å²) in [6, 6.07) is 3.85. The van der Waals surface area contributed by atoms with Gasteiger partial charge in [-0.25, -0.2) is 0 Å². The number of aliphatic hydroxyl groups excluding tert-OH is 1. The quantitative estimate of drug-likeness (QED) is 0.481. The van der Waals surface area contributed by atoms with Crippen LogP contribution in [0.15, 0.2) is 12.1 Å². The molecular weight excluding hydrogens is 448 g/mol. The van der Waals surface area contributed by atoms with E-state index in [-0.39, 0.29) is 35.6 Å². The maximum Gasteiger partial charge on any atom is 0.116 e. The number of nitrogens with two attached hydrogens (primary N) is 1. The van der Waals surface area contributed by atoms with Gasteiger partial charge < -0.3 is 26.0 Å². The number of phenols is 1. The van der Waals surface area contributed by atoms with Crippen LogP contribution < -0.4 is 11.1 Å². The first-order valence-electron chi connectivity index (χ1n) is 14.3. The van der Waals surface area contributed by atoms with Gasteiger partial charge in [0, 0.05) is 36.9 Å². The number of aromatic hydroxyl groups is 1. The smallest absolute Gasteiger partial charge is 0.116 e. The summed E-state index contributed by atoms with van der Waals surface area (Å²) in [6.07, 6.45) is 9.60. The molecule has 36 heavy (non-hydrogen) atoms. The van der Waals surface area contributed by atoms with E-state index in [2.05, 4.69) is 31.0 Å². The summed E-state index contributed by atoms with van der Waals surface area (Å²) in [7, 11) is 1.97. The maximum absolute atomic E-state index is 10.5. The van der Waals surface area contributed by atoms with Crippen LogP contribution in [0.2, 0.25) is 0 Å². The molecule has 6 aliphatic rings. The van der Waals surface area contributed by atoms with E-state index in [9.17, 15) is 10.2 Å². The number of phenolic OH excluding ortho intramolecular Hbond substituents is 1. The molecule has 1 aromatic rings. The lowest BCUT2D eigenvalue weighted by atomic mass is 9.40. The summed E-state index contributed by atoms with van der Waals surface area (Å²) in [5, 5.41) is 24.4. The Hall–Kier alpha value is -1.58. The van der Waals surface area contributed by atoms with Gasteiger partial charge in [-0.3, -0.25) is 0 Å². The third kappa shape index (κ3) is 3.52. The molecule has 4 aliphatic carbocycles. The van der Waals surface area contributed by atoms with Crippen LogP contribution in [0.1, 0.15) is 75.5 Å². The van der Waals surface area contributed by atoms with Gasteiger partial charge in [0.2, 0.25) is 0 Å². The minimum absolute atomic E-state index is 0.0592. The maximum atomic E-state index is 10.5. The number of ether oxygens (including phenoxy) is 1. The van der Waals surface area contributed by atoms with Crippen LogP contribution in [0.25, 0.3) is 0 Å². The molecule has 2 heterocycles. The fourth-order valence-corrected chi connectivity index (χ4v) is 9.89. The molecule has 8 atom stereocenters. The molecule has 7 rings (SSSR count). The van der Waals surface area contributed by atoms with Gasteiger partial charge in [0.15, 0.2) is 0 Å². The predicted molar refractivity (Wildman–Crippen MR) is 141 cm³/mol. The second-order valence-corrected chi connectivity index (χ2v) is 13.2. The van der Waals surface area contributed by atoms with E-state index in [4.69, 9.17) is 10.5 Å². The highest BCUT2D eigenvalue weighted by atomic mass is 16.5. The second kappa shape index (κ2) is 8.73. The predicted octanol–water partition coefficient (Wildman–Crippen LogP) is 3.92. The van der Waals surface area contributed by atoms with E-state index in [1.54, 1.807) is 0 Å². The lowest BCUT2D eigenvalue weighted by molar-refractivity contribution is -0.339. The summed E-state index contributed by atoms with van der Waals surface area (Å²) in [5.74, 6) is 9.40. The zero-order valence-corrected chi connectivity index (χ0v) is 22.3. The van der Waals surface area contributed by atoms with Crippen molar-refractivity contribution in [2.24, 2.45) is 41.2 Å². The fraction of sp³-hybridized carbons (Fsp3) is 0.742. The van der Waals surface area contributed by atoms with Crippen molar-refractivity contribution in [3.63, 3.8) is 0 Å². The van der Waals surface area contributed by atoms with Crippen molar-refractivity contribution in [2.75, 3.05) is 13.7 Å². The van der Waals surface area contributed by atoms with E-state index >= 15 is 0 Å².